The zero-order valence-corrected chi connectivity index (χ0v) is 14.2. The van der Waals surface area contributed by atoms with Gasteiger partial charge in [-0.15, -0.1) is 0 Å². The monoisotopic (exact) mass is 325 g/mol. The molecule has 0 heterocycles. The summed E-state index contributed by atoms with van der Waals surface area (Å²) in [6.45, 7) is 5.20. The fraction of sp³-hybridized carbons (Fsp3) is 0.263. The Morgan fingerprint density at radius 1 is 0.833 bits per heavy atom. The van der Waals surface area contributed by atoms with Crippen LogP contribution in [-0.2, 0) is 9.59 Å². The maximum absolute atomic E-state index is 12.3. The van der Waals surface area contributed by atoms with Crippen LogP contribution in [0.1, 0.15) is 20.8 Å². The molecule has 3 N–H and O–H groups in total. The maximum Gasteiger partial charge on any atom is 0.247 e. The molecule has 0 aliphatic carbocycles. The van der Waals surface area contributed by atoms with E-state index in [2.05, 4.69) is 16.0 Å². The van der Waals surface area contributed by atoms with Gasteiger partial charge in [-0.05, 0) is 42.3 Å². The van der Waals surface area contributed by atoms with E-state index >= 15 is 0 Å². The van der Waals surface area contributed by atoms with Crippen molar-refractivity contribution in [3.63, 3.8) is 0 Å². The van der Waals surface area contributed by atoms with Crippen molar-refractivity contribution in [2.45, 2.75) is 26.8 Å². The molecule has 126 valence electrons. The Kier molecular flexibility index (Phi) is 5.95. The summed E-state index contributed by atoms with van der Waals surface area (Å²) in [4.78, 5) is 23.6. The lowest BCUT2D eigenvalue weighted by Crippen LogP contribution is -2.46. The number of hydrogen-bond acceptors (Lipinski definition) is 3. The standard InChI is InChI=1S/C19H23N3O2/c1-13(2)18(20-14(3)23)19(24)22-17-11-9-16(10-12-17)21-15-7-5-4-6-8-15/h4-13,18,21H,1-3H3,(H,20,23)(H,22,24)/t18-/m0/s1. The molecule has 0 unspecified atom stereocenters. The first-order valence-corrected chi connectivity index (χ1v) is 7.96. The lowest BCUT2D eigenvalue weighted by atomic mass is 10.0. The third-order valence-corrected chi connectivity index (χ3v) is 3.52. The molecule has 24 heavy (non-hydrogen) atoms. The van der Waals surface area contributed by atoms with Crippen molar-refractivity contribution < 1.29 is 9.59 Å². The summed E-state index contributed by atoms with van der Waals surface area (Å²) in [6, 6.07) is 16.7. The van der Waals surface area contributed by atoms with Crippen LogP contribution in [0.25, 0.3) is 0 Å². The topological polar surface area (TPSA) is 70.2 Å². The third kappa shape index (κ3) is 5.12. The zero-order chi connectivity index (χ0) is 17.5. The number of benzene rings is 2. The average molecular weight is 325 g/mol. The predicted molar refractivity (Wildman–Crippen MR) is 97.2 cm³/mol. The van der Waals surface area contributed by atoms with Gasteiger partial charge in [0.1, 0.15) is 6.04 Å². The van der Waals surface area contributed by atoms with Gasteiger partial charge < -0.3 is 16.0 Å². The predicted octanol–water partition coefficient (Wildman–Crippen LogP) is 3.53. The van der Waals surface area contributed by atoms with Crippen molar-refractivity contribution in [3.8, 4) is 0 Å². The minimum atomic E-state index is -0.551. The number of rotatable bonds is 6. The summed E-state index contributed by atoms with van der Waals surface area (Å²) in [5, 5.41) is 8.80. The van der Waals surface area contributed by atoms with Crippen LogP contribution in [0.15, 0.2) is 54.6 Å². The quantitative estimate of drug-likeness (QED) is 0.761. The Hall–Kier alpha value is -2.82. The molecule has 0 aliphatic heterocycles. The van der Waals surface area contributed by atoms with Gasteiger partial charge in [-0.25, -0.2) is 0 Å². The molecule has 0 fully saturated rings. The smallest absolute Gasteiger partial charge is 0.247 e. The maximum atomic E-state index is 12.3. The van der Waals surface area contributed by atoms with Crippen LogP contribution < -0.4 is 16.0 Å². The molecular formula is C19H23N3O2. The van der Waals surface area contributed by atoms with Crippen LogP contribution in [0.4, 0.5) is 17.1 Å². The second-order valence-corrected chi connectivity index (χ2v) is 5.98. The van der Waals surface area contributed by atoms with Gasteiger partial charge in [0.2, 0.25) is 11.8 Å². The fourth-order valence-corrected chi connectivity index (χ4v) is 2.30. The van der Waals surface area contributed by atoms with Gasteiger partial charge in [0.25, 0.3) is 0 Å². The number of para-hydroxylation sites is 1. The van der Waals surface area contributed by atoms with Gasteiger partial charge in [-0.3, -0.25) is 9.59 Å². The minimum Gasteiger partial charge on any atom is -0.356 e. The Bertz CT molecular complexity index is 682. The van der Waals surface area contributed by atoms with Crippen LogP contribution in [0, 0.1) is 5.92 Å². The summed E-state index contributed by atoms with van der Waals surface area (Å²) in [5.41, 5.74) is 2.62. The number of nitrogens with one attached hydrogen (secondary N) is 3. The summed E-state index contributed by atoms with van der Waals surface area (Å²) >= 11 is 0. The fourth-order valence-electron chi connectivity index (χ4n) is 2.30. The minimum absolute atomic E-state index is 0.00733. The third-order valence-electron chi connectivity index (χ3n) is 3.52. The zero-order valence-electron chi connectivity index (χ0n) is 14.2. The van der Waals surface area contributed by atoms with E-state index in [-0.39, 0.29) is 17.7 Å². The van der Waals surface area contributed by atoms with Crippen LogP contribution in [-0.4, -0.2) is 17.9 Å². The van der Waals surface area contributed by atoms with E-state index < -0.39 is 6.04 Å². The van der Waals surface area contributed by atoms with Crippen LogP contribution in [0.2, 0.25) is 0 Å². The number of amides is 2. The Balaban J connectivity index is 2.00. The summed E-state index contributed by atoms with van der Waals surface area (Å²) < 4.78 is 0. The van der Waals surface area contributed by atoms with Crippen molar-refractivity contribution in [1.29, 1.82) is 0 Å². The van der Waals surface area contributed by atoms with Crippen molar-refractivity contribution in [2.75, 3.05) is 10.6 Å². The van der Waals surface area contributed by atoms with E-state index in [4.69, 9.17) is 0 Å². The summed E-state index contributed by atoms with van der Waals surface area (Å²) in [6.07, 6.45) is 0. The van der Waals surface area contributed by atoms with Crippen LogP contribution in [0.3, 0.4) is 0 Å². The highest BCUT2D eigenvalue weighted by Gasteiger charge is 2.22. The van der Waals surface area contributed by atoms with Crippen LogP contribution >= 0.6 is 0 Å². The molecule has 0 bridgehead atoms. The Morgan fingerprint density at radius 2 is 1.38 bits per heavy atom. The van der Waals surface area contributed by atoms with Gasteiger partial charge in [0, 0.05) is 24.0 Å². The lowest BCUT2D eigenvalue weighted by Gasteiger charge is -2.21. The van der Waals surface area contributed by atoms with Gasteiger partial charge in [-0.2, -0.15) is 0 Å². The molecule has 0 radical (unpaired) electrons. The lowest BCUT2D eigenvalue weighted by molar-refractivity contribution is -0.126. The molecule has 0 spiro atoms. The van der Waals surface area contributed by atoms with Crippen molar-refractivity contribution in [2.24, 2.45) is 5.92 Å². The van der Waals surface area contributed by atoms with Crippen molar-refractivity contribution >= 4 is 28.9 Å². The first-order valence-electron chi connectivity index (χ1n) is 7.96. The molecule has 5 heteroatoms. The Labute approximate surface area is 142 Å². The SMILES string of the molecule is CC(=O)N[C@H](C(=O)Nc1ccc(Nc2ccccc2)cc1)C(C)C. The summed E-state index contributed by atoms with van der Waals surface area (Å²) in [5.74, 6) is -0.428. The van der Waals surface area contributed by atoms with E-state index in [0.717, 1.165) is 11.4 Å². The highest BCUT2D eigenvalue weighted by Crippen LogP contribution is 2.19. The highest BCUT2D eigenvalue weighted by atomic mass is 16.2. The van der Waals surface area contributed by atoms with Gasteiger partial charge in [-0.1, -0.05) is 32.0 Å². The summed E-state index contributed by atoms with van der Waals surface area (Å²) in [7, 11) is 0. The molecule has 0 saturated carbocycles. The van der Waals surface area contributed by atoms with Crippen molar-refractivity contribution in [1.82, 2.24) is 5.32 Å². The number of anilines is 3. The normalized spacial score (nSPS) is 11.7. The van der Waals surface area contributed by atoms with E-state index in [9.17, 15) is 9.59 Å². The van der Waals surface area contributed by atoms with Crippen molar-refractivity contribution in [3.05, 3.63) is 54.6 Å². The number of carbonyl (C=O) groups excluding carboxylic acids is 2. The highest BCUT2D eigenvalue weighted by molar-refractivity contribution is 5.97. The largest absolute Gasteiger partial charge is 0.356 e. The molecule has 0 saturated heterocycles. The van der Waals surface area contributed by atoms with Gasteiger partial charge >= 0.3 is 0 Å². The van der Waals surface area contributed by atoms with E-state index in [1.54, 1.807) is 0 Å². The van der Waals surface area contributed by atoms with Gasteiger partial charge in [0.05, 0.1) is 0 Å². The Morgan fingerprint density at radius 3 is 1.92 bits per heavy atom. The van der Waals surface area contributed by atoms with E-state index in [1.165, 1.54) is 6.92 Å². The van der Waals surface area contributed by atoms with E-state index in [0.29, 0.717) is 5.69 Å². The molecule has 2 rings (SSSR count). The van der Waals surface area contributed by atoms with Crippen LogP contribution in [0.5, 0.6) is 0 Å². The molecule has 0 aliphatic rings. The molecule has 0 aromatic heterocycles. The van der Waals surface area contributed by atoms with E-state index in [1.807, 2.05) is 68.4 Å². The molecule has 2 aromatic rings. The number of hydrogen-bond donors (Lipinski definition) is 3. The second kappa shape index (κ2) is 8.15. The second-order valence-electron chi connectivity index (χ2n) is 5.98. The first kappa shape index (κ1) is 17.5. The molecule has 5 nitrogen and oxygen atoms in total. The molecule has 1 atom stereocenters. The molecule has 2 amide bonds. The number of carbonyl (C=O) groups is 2. The first-order chi connectivity index (χ1) is 11.5. The molecule has 2 aromatic carbocycles. The molecular weight excluding hydrogens is 302 g/mol. The van der Waals surface area contributed by atoms with Gasteiger partial charge in [0.15, 0.2) is 0 Å². The average Bonchev–Trinajstić information content (AvgIpc) is 2.55.